The molecule has 5 nitrogen and oxygen atoms in total. The van der Waals surface area contributed by atoms with E-state index in [1.165, 1.54) is 12.8 Å². The third-order valence-electron chi connectivity index (χ3n) is 4.53. The molecule has 3 aromatic rings. The van der Waals surface area contributed by atoms with E-state index in [0.29, 0.717) is 18.9 Å². The quantitative estimate of drug-likeness (QED) is 0.253. The highest BCUT2D eigenvalue weighted by atomic mass is 79.9. The third-order valence-corrected chi connectivity index (χ3v) is 6.11. The Balaban J connectivity index is 1.34. The molecule has 0 unspecified atom stereocenters. The van der Waals surface area contributed by atoms with E-state index in [1.807, 2.05) is 36.4 Å². The van der Waals surface area contributed by atoms with Crippen LogP contribution < -0.4 is 0 Å². The molecule has 1 aromatic carbocycles. The van der Waals surface area contributed by atoms with Gasteiger partial charge >= 0.3 is 0 Å². The van der Waals surface area contributed by atoms with Crippen molar-refractivity contribution in [1.82, 2.24) is 14.8 Å². The maximum atomic E-state index is 12.3. The number of aromatic nitrogens is 3. The number of hydrogen-bond donors (Lipinski definition) is 0. The Bertz CT molecular complexity index is 902. The van der Waals surface area contributed by atoms with Crippen molar-refractivity contribution in [3.05, 3.63) is 64.3 Å². The first-order valence-corrected chi connectivity index (χ1v) is 10.9. The molecule has 0 saturated heterocycles. The van der Waals surface area contributed by atoms with Crippen molar-refractivity contribution >= 4 is 33.5 Å². The highest BCUT2D eigenvalue weighted by molar-refractivity contribution is 9.10. The van der Waals surface area contributed by atoms with Crippen LogP contribution in [0.1, 0.15) is 53.5 Å². The summed E-state index contributed by atoms with van der Waals surface area (Å²) in [6.07, 6.45) is 5.41. The van der Waals surface area contributed by atoms with Crippen LogP contribution in [0.25, 0.3) is 0 Å². The minimum Gasteiger partial charge on any atom is -0.467 e. The molecular weight excluding hydrogens is 426 g/mol. The first kappa shape index (κ1) is 18.5. The Labute approximate surface area is 170 Å². The molecule has 0 atom stereocenters. The molecule has 27 heavy (non-hydrogen) atoms. The lowest BCUT2D eigenvalue weighted by Gasteiger charge is -2.08. The molecule has 0 bridgehead atoms. The van der Waals surface area contributed by atoms with Crippen molar-refractivity contribution in [2.75, 3.05) is 5.75 Å². The lowest BCUT2D eigenvalue weighted by molar-refractivity contribution is 0.0982. The van der Waals surface area contributed by atoms with Gasteiger partial charge < -0.3 is 4.42 Å². The third kappa shape index (κ3) is 4.71. The van der Waals surface area contributed by atoms with Gasteiger partial charge in [0.15, 0.2) is 10.9 Å². The van der Waals surface area contributed by atoms with Gasteiger partial charge in [0.25, 0.3) is 0 Å². The van der Waals surface area contributed by atoms with Crippen LogP contribution in [-0.4, -0.2) is 26.3 Å². The van der Waals surface area contributed by atoms with Gasteiger partial charge in [-0.3, -0.25) is 9.36 Å². The number of thioether (sulfide) groups is 1. The number of ketones is 1. The van der Waals surface area contributed by atoms with Crippen molar-refractivity contribution in [2.45, 2.75) is 43.3 Å². The lowest BCUT2D eigenvalue weighted by Crippen LogP contribution is -2.06. The number of benzene rings is 1. The lowest BCUT2D eigenvalue weighted by atomic mass is 10.1. The summed E-state index contributed by atoms with van der Waals surface area (Å²) in [5.41, 5.74) is 0.764. The van der Waals surface area contributed by atoms with Crippen LogP contribution in [0, 0.1) is 0 Å². The number of carbonyl (C=O) groups is 1. The average Bonchev–Trinajstić information content (AvgIpc) is 3.24. The van der Waals surface area contributed by atoms with Crippen molar-refractivity contribution in [1.29, 1.82) is 0 Å². The largest absolute Gasteiger partial charge is 0.467 e. The fourth-order valence-corrected chi connectivity index (χ4v) is 4.08. The van der Waals surface area contributed by atoms with Gasteiger partial charge in [0, 0.05) is 28.1 Å². The van der Waals surface area contributed by atoms with Crippen LogP contribution in [0.4, 0.5) is 0 Å². The van der Waals surface area contributed by atoms with Crippen LogP contribution in [0.15, 0.2) is 56.7 Å². The Morgan fingerprint density at radius 1 is 1.22 bits per heavy atom. The van der Waals surface area contributed by atoms with E-state index in [2.05, 4.69) is 30.7 Å². The summed E-state index contributed by atoms with van der Waals surface area (Å²) in [6.45, 7) is 0.659. The van der Waals surface area contributed by atoms with Crippen LogP contribution in [-0.2, 0) is 6.54 Å². The van der Waals surface area contributed by atoms with Gasteiger partial charge in [-0.25, -0.2) is 0 Å². The van der Waals surface area contributed by atoms with Crippen LogP contribution in [0.5, 0.6) is 0 Å². The number of nitrogens with zero attached hydrogens (tertiary/aromatic N) is 3. The van der Waals surface area contributed by atoms with Crippen LogP contribution >= 0.6 is 27.7 Å². The summed E-state index contributed by atoms with van der Waals surface area (Å²) in [4.78, 5) is 12.3. The van der Waals surface area contributed by atoms with E-state index in [4.69, 9.17) is 4.42 Å². The summed E-state index contributed by atoms with van der Waals surface area (Å²) in [5, 5.41) is 9.70. The van der Waals surface area contributed by atoms with Gasteiger partial charge in [-0.15, -0.1) is 10.2 Å². The minimum atomic E-state index is 0.179. The number of hydrogen-bond acceptors (Lipinski definition) is 5. The molecule has 2 heterocycles. The maximum Gasteiger partial charge on any atom is 0.191 e. The second-order valence-corrected chi connectivity index (χ2v) is 8.64. The molecule has 2 aromatic heterocycles. The van der Waals surface area contributed by atoms with Gasteiger partial charge in [-0.1, -0.05) is 39.8 Å². The number of Topliss-reactive ketones (excluding diaryl/α,β-unsaturated/α-hetero) is 1. The molecule has 1 saturated carbocycles. The van der Waals surface area contributed by atoms with Crippen molar-refractivity contribution in [3.63, 3.8) is 0 Å². The predicted molar refractivity (Wildman–Crippen MR) is 108 cm³/mol. The molecule has 1 aliphatic rings. The summed E-state index contributed by atoms with van der Waals surface area (Å²) in [7, 11) is 0. The molecule has 0 spiro atoms. The highest BCUT2D eigenvalue weighted by Gasteiger charge is 2.30. The number of furan rings is 1. The van der Waals surface area contributed by atoms with E-state index in [9.17, 15) is 4.79 Å². The van der Waals surface area contributed by atoms with E-state index >= 15 is 0 Å². The van der Waals surface area contributed by atoms with Gasteiger partial charge in [0.1, 0.15) is 11.6 Å². The summed E-state index contributed by atoms with van der Waals surface area (Å²) in [5.74, 6) is 3.51. The fraction of sp³-hybridized carbons (Fsp3) is 0.350. The smallest absolute Gasteiger partial charge is 0.191 e. The predicted octanol–water partition coefficient (Wildman–Crippen LogP) is 5.31. The Kier molecular flexibility index (Phi) is 5.78. The van der Waals surface area contributed by atoms with Gasteiger partial charge in [-0.2, -0.15) is 0 Å². The summed E-state index contributed by atoms with van der Waals surface area (Å²) < 4.78 is 8.65. The molecule has 4 rings (SSSR count). The molecule has 0 amide bonds. The van der Waals surface area contributed by atoms with Gasteiger partial charge in [-0.05, 0) is 43.5 Å². The van der Waals surface area contributed by atoms with E-state index in [-0.39, 0.29) is 5.78 Å². The van der Waals surface area contributed by atoms with E-state index in [1.54, 1.807) is 18.0 Å². The zero-order valence-electron chi connectivity index (χ0n) is 14.8. The van der Waals surface area contributed by atoms with Gasteiger partial charge in [0.2, 0.25) is 0 Å². The Morgan fingerprint density at radius 3 is 2.74 bits per heavy atom. The number of carbonyl (C=O) groups excluding carboxylic acids is 1. The van der Waals surface area contributed by atoms with E-state index in [0.717, 1.165) is 39.0 Å². The number of rotatable bonds is 9. The van der Waals surface area contributed by atoms with Crippen molar-refractivity contribution < 1.29 is 9.21 Å². The molecule has 7 heteroatoms. The molecular formula is C20H20BrN3O2S. The second kappa shape index (κ2) is 8.44. The zero-order valence-corrected chi connectivity index (χ0v) is 17.2. The zero-order chi connectivity index (χ0) is 18.6. The SMILES string of the molecule is O=C(CCCSc1nnc(C2CC2)n1Cc1ccco1)c1ccc(Br)cc1. The maximum absolute atomic E-state index is 12.3. The Hall–Kier alpha value is -1.86. The molecule has 0 aliphatic heterocycles. The molecule has 0 radical (unpaired) electrons. The summed E-state index contributed by atoms with van der Waals surface area (Å²) >= 11 is 5.05. The summed E-state index contributed by atoms with van der Waals surface area (Å²) in [6, 6.07) is 11.4. The van der Waals surface area contributed by atoms with Crippen LogP contribution in [0.3, 0.4) is 0 Å². The molecule has 1 fully saturated rings. The fourth-order valence-electron chi connectivity index (χ4n) is 2.93. The van der Waals surface area contributed by atoms with E-state index < -0.39 is 0 Å². The molecule has 140 valence electrons. The van der Waals surface area contributed by atoms with Crippen molar-refractivity contribution in [3.8, 4) is 0 Å². The van der Waals surface area contributed by atoms with Crippen molar-refractivity contribution in [2.24, 2.45) is 0 Å². The first-order chi connectivity index (χ1) is 13.2. The monoisotopic (exact) mass is 445 g/mol. The van der Waals surface area contributed by atoms with Gasteiger partial charge in [0.05, 0.1) is 12.8 Å². The minimum absolute atomic E-state index is 0.179. The average molecular weight is 446 g/mol. The first-order valence-electron chi connectivity index (χ1n) is 9.08. The molecule has 1 aliphatic carbocycles. The molecule has 0 N–H and O–H groups in total. The second-order valence-electron chi connectivity index (χ2n) is 6.66. The normalized spacial score (nSPS) is 13.8. The number of halogens is 1. The van der Waals surface area contributed by atoms with Crippen LogP contribution in [0.2, 0.25) is 0 Å². The topological polar surface area (TPSA) is 60.9 Å². The highest BCUT2D eigenvalue weighted by Crippen LogP contribution is 2.40. The Morgan fingerprint density at radius 2 is 2.04 bits per heavy atom. The standard InChI is InChI=1S/C20H20BrN3O2S/c21-16-9-7-14(8-10-16)18(25)4-2-12-27-20-23-22-19(15-5-6-15)24(20)13-17-3-1-11-26-17/h1,3,7-11,15H,2,4-6,12-13H2.